The molecule has 1 saturated heterocycles. The molecule has 6 nitrogen and oxygen atoms in total. The molecule has 0 spiro atoms. The Bertz CT molecular complexity index is 568. The lowest BCUT2D eigenvalue weighted by atomic mass is 10.2. The predicted octanol–water partition coefficient (Wildman–Crippen LogP) is 1.94. The van der Waals surface area contributed by atoms with Gasteiger partial charge in [-0.25, -0.2) is 4.99 Å². The number of likely N-dealkylation sites (tertiary alicyclic amines) is 1. The minimum atomic E-state index is 0.109. The van der Waals surface area contributed by atoms with Gasteiger partial charge >= 0.3 is 0 Å². The van der Waals surface area contributed by atoms with E-state index in [1.54, 1.807) is 0 Å². The molecule has 1 aliphatic rings. The van der Waals surface area contributed by atoms with Crippen LogP contribution in [0.1, 0.15) is 31.7 Å². The van der Waals surface area contributed by atoms with Crippen molar-refractivity contribution in [1.29, 1.82) is 0 Å². The minimum Gasteiger partial charge on any atom is -0.493 e. The van der Waals surface area contributed by atoms with Gasteiger partial charge in [-0.2, -0.15) is 0 Å². The zero-order chi connectivity index (χ0) is 17.9. The zero-order valence-electron chi connectivity index (χ0n) is 15.4. The third kappa shape index (κ3) is 6.64. The molecule has 0 saturated carbocycles. The highest BCUT2D eigenvalue weighted by atomic mass is 16.5. The summed E-state index contributed by atoms with van der Waals surface area (Å²) in [5.41, 5.74) is 1.14. The number of nitrogens with one attached hydrogen (secondary N) is 2. The summed E-state index contributed by atoms with van der Waals surface area (Å²) < 4.78 is 5.78. The second-order valence-electron chi connectivity index (χ2n) is 6.18. The van der Waals surface area contributed by atoms with Crippen LogP contribution >= 0.6 is 0 Å². The number of ether oxygens (including phenoxy) is 1. The van der Waals surface area contributed by atoms with Gasteiger partial charge in [0.2, 0.25) is 5.91 Å². The molecule has 1 amide bonds. The maximum atomic E-state index is 12.1. The van der Waals surface area contributed by atoms with E-state index in [9.17, 15) is 4.79 Å². The van der Waals surface area contributed by atoms with Gasteiger partial charge in [-0.3, -0.25) is 4.79 Å². The highest BCUT2D eigenvalue weighted by molar-refractivity contribution is 5.85. The molecule has 0 atom stereocenters. The number of para-hydroxylation sites is 1. The van der Waals surface area contributed by atoms with E-state index in [0.29, 0.717) is 12.6 Å². The molecule has 0 unspecified atom stereocenters. The molecule has 138 valence electrons. The Balaban J connectivity index is 1.68. The molecule has 2 rings (SSSR count). The first-order valence-corrected chi connectivity index (χ1v) is 9.19. The van der Waals surface area contributed by atoms with Crippen LogP contribution in [0.5, 0.6) is 5.75 Å². The summed E-state index contributed by atoms with van der Waals surface area (Å²) in [6.45, 7) is 8.16. The fourth-order valence-electron chi connectivity index (χ4n) is 2.73. The van der Waals surface area contributed by atoms with Gasteiger partial charge < -0.3 is 20.3 Å². The Morgan fingerprint density at radius 3 is 2.72 bits per heavy atom. The Morgan fingerprint density at radius 1 is 1.24 bits per heavy atom. The number of hydrogen-bond donors (Lipinski definition) is 2. The molecule has 1 aromatic carbocycles. The first kappa shape index (κ1) is 19.1. The second kappa shape index (κ2) is 10.6. The number of aliphatic imine (C=N–C) groups is 1. The van der Waals surface area contributed by atoms with Crippen molar-refractivity contribution in [3.8, 4) is 5.75 Å². The van der Waals surface area contributed by atoms with E-state index in [1.807, 2.05) is 43.0 Å². The summed E-state index contributed by atoms with van der Waals surface area (Å²) in [7, 11) is 0. The van der Waals surface area contributed by atoms with Gasteiger partial charge in [0.1, 0.15) is 12.3 Å². The minimum absolute atomic E-state index is 0.109. The first-order chi connectivity index (χ1) is 12.2. The quantitative estimate of drug-likeness (QED) is 0.429. The summed E-state index contributed by atoms with van der Waals surface area (Å²) in [6.07, 6.45) is 3.07. The summed E-state index contributed by atoms with van der Waals surface area (Å²) >= 11 is 0. The SMILES string of the molecule is CCNC(=NCC(=O)N1CCCC1)NCCCOc1ccccc1C. The lowest BCUT2D eigenvalue weighted by molar-refractivity contribution is -0.128. The van der Waals surface area contributed by atoms with Gasteiger partial charge in [-0.1, -0.05) is 18.2 Å². The first-order valence-electron chi connectivity index (χ1n) is 9.19. The van der Waals surface area contributed by atoms with Gasteiger partial charge in [0.05, 0.1) is 6.61 Å². The maximum absolute atomic E-state index is 12.1. The molecule has 1 aliphatic heterocycles. The average molecular weight is 346 g/mol. The topological polar surface area (TPSA) is 66.0 Å². The van der Waals surface area contributed by atoms with E-state index in [1.165, 1.54) is 0 Å². The van der Waals surface area contributed by atoms with E-state index in [4.69, 9.17) is 4.74 Å². The van der Waals surface area contributed by atoms with Crippen LogP contribution in [0, 0.1) is 6.92 Å². The number of guanidine groups is 1. The summed E-state index contributed by atoms with van der Waals surface area (Å²) in [4.78, 5) is 18.3. The Hall–Kier alpha value is -2.24. The van der Waals surface area contributed by atoms with Gasteiger partial charge in [-0.05, 0) is 44.7 Å². The van der Waals surface area contributed by atoms with E-state index >= 15 is 0 Å². The van der Waals surface area contributed by atoms with Crippen LogP contribution in [-0.2, 0) is 4.79 Å². The van der Waals surface area contributed by atoms with Crippen LogP contribution in [0.15, 0.2) is 29.3 Å². The summed E-state index contributed by atoms with van der Waals surface area (Å²) in [5.74, 6) is 1.72. The van der Waals surface area contributed by atoms with Crippen LogP contribution < -0.4 is 15.4 Å². The molecule has 6 heteroatoms. The second-order valence-corrected chi connectivity index (χ2v) is 6.18. The molecule has 0 radical (unpaired) electrons. The third-order valence-corrected chi connectivity index (χ3v) is 4.14. The lowest BCUT2D eigenvalue weighted by Gasteiger charge is -2.15. The van der Waals surface area contributed by atoms with Crippen molar-refractivity contribution >= 4 is 11.9 Å². The molecule has 1 heterocycles. The van der Waals surface area contributed by atoms with Crippen LogP contribution in [0.3, 0.4) is 0 Å². The van der Waals surface area contributed by atoms with Crippen LogP contribution in [-0.4, -0.2) is 56.1 Å². The highest BCUT2D eigenvalue weighted by Gasteiger charge is 2.17. The number of nitrogens with zero attached hydrogens (tertiary/aromatic N) is 2. The number of amides is 1. The van der Waals surface area contributed by atoms with Crippen molar-refractivity contribution in [2.75, 3.05) is 39.3 Å². The maximum Gasteiger partial charge on any atom is 0.244 e. The van der Waals surface area contributed by atoms with Crippen molar-refractivity contribution < 1.29 is 9.53 Å². The van der Waals surface area contributed by atoms with Gasteiger partial charge in [0, 0.05) is 26.2 Å². The average Bonchev–Trinajstić information content (AvgIpc) is 3.15. The standard InChI is InChI=1S/C19H30N4O2/c1-3-20-19(22-15-18(24)23-12-6-7-13-23)21-11-8-14-25-17-10-5-4-9-16(17)2/h4-5,9-10H,3,6-8,11-15H2,1-2H3,(H2,20,21,22). The number of benzene rings is 1. The largest absolute Gasteiger partial charge is 0.493 e. The van der Waals surface area contributed by atoms with Gasteiger partial charge in [0.25, 0.3) is 0 Å². The van der Waals surface area contributed by atoms with Crippen molar-refractivity contribution in [2.45, 2.75) is 33.1 Å². The molecular weight excluding hydrogens is 316 g/mol. The van der Waals surface area contributed by atoms with Crippen molar-refractivity contribution in [2.24, 2.45) is 4.99 Å². The fraction of sp³-hybridized carbons (Fsp3) is 0.579. The Kier molecular flexibility index (Phi) is 8.09. The highest BCUT2D eigenvalue weighted by Crippen LogP contribution is 2.15. The van der Waals surface area contributed by atoms with Crippen LogP contribution in [0.25, 0.3) is 0 Å². The zero-order valence-corrected chi connectivity index (χ0v) is 15.4. The molecule has 2 N–H and O–H groups in total. The van der Waals surface area contributed by atoms with E-state index in [2.05, 4.69) is 15.6 Å². The monoisotopic (exact) mass is 346 g/mol. The van der Waals surface area contributed by atoms with Gasteiger partial charge in [-0.15, -0.1) is 0 Å². The Labute approximate surface area is 150 Å². The van der Waals surface area contributed by atoms with E-state index in [0.717, 1.165) is 56.8 Å². The Morgan fingerprint density at radius 2 is 2.00 bits per heavy atom. The molecule has 25 heavy (non-hydrogen) atoms. The summed E-state index contributed by atoms with van der Waals surface area (Å²) in [6, 6.07) is 8.01. The number of carbonyl (C=O) groups excluding carboxylic acids is 1. The van der Waals surface area contributed by atoms with E-state index < -0.39 is 0 Å². The molecular formula is C19H30N4O2. The van der Waals surface area contributed by atoms with Crippen molar-refractivity contribution in [1.82, 2.24) is 15.5 Å². The summed E-state index contributed by atoms with van der Waals surface area (Å²) in [5, 5.41) is 6.43. The van der Waals surface area contributed by atoms with Crippen molar-refractivity contribution in [3.63, 3.8) is 0 Å². The number of carbonyl (C=O) groups is 1. The third-order valence-electron chi connectivity index (χ3n) is 4.14. The molecule has 0 bridgehead atoms. The number of hydrogen-bond acceptors (Lipinski definition) is 3. The fourth-order valence-corrected chi connectivity index (χ4v) is 2.73. The van der Waals surface area contributed by atoms with Gasteiger partial charge in [0.15, 0.2) is 5.96 Å². The number of rotatable bonds is 8. The molecule has 1 fully saturated rings. The predicted molar refractivity (Wildman–Crippen MR) is 101 cm³/mol. The molecule has 0 aliphatic carbocycles. The normalized spacial score (nSPS) is 14.5. The van der Waals surface area contributed by atoms with Crippen LogP contribution in [0.2, 0.25) is 0 Å². The molecule has 1 aromatic rings. The van der Waals surface area contributed by atoms with Crippen molar-refractivity contribution in [3.05, 3.63) is 29.8 Å². The van der Waals surface area contributed by atoms with E-state index in [-0.39, 0.29) is 12.5 Å². The van der Waals surface area contributed by atoms with Crippen LogP contribution in [0.4, 0.5) is 0 Å². The lowest BCUT2D eigenvalue weighted by Crippen LogP contribution is -2.39. The molecule has 0 aromatic heterocycles. The smallest absolute Gasteiger partial charge is 0.244 e. The number of aryl methyl sites for hydroxylation is 1.